The second kappa shape index (κ2) is 9.23. The van der Waals surface area contributed by atoms with Crippen molar-refractivity contribution < 1.29 is 18.7 Å². The Balaban J connectivity index is 1.42. The van der Waals surface area contributed by atoms with Crippen molar-refractivity contribution >= 4 is 6.03 Å². The molecule has 194 valence electrons. The van der Waals surface area contributed by atoms with E-state index >= 15 is 0 Å². The summed E-state index contributed by atoms with van der Waals surface area (Å²) in [6.45, 7) is 4.04. The first-order chi connectivity index (χ1) is 18.3. The highest BCUT2D eigenvalue weighted by molar-refractivity contribution is 5.78. The Labute approximate surface area is 222 Å². The van der Waals surface area contributed by atoms with E-state index < -0.39 is 23.2 Å². The first-order valence-electron chi connectivity index (χ1n) is 13.0. The molecular weight excluding hydrogens is 481 g/mol. The van der Waals surface area contributed by atoms with E-state index in [-0.39, 0.29) is 36.2 Å². The third-order valence-corrected chi connectivity index (χ3v) is 8.01. The van der Waals surface area contributed by atoms with Crippen LogP contribution in [0.4, 0.5) is 9.18 Å². The van der Waals surface area contributed by atoms with Crippen LogP contribution < -0.4 is 5.32 Å². The minimum atomic E-state index is -0.821. The van der Waals surface area contributed by atoms with Crippen molar-refractivity contribution in [3.8, 4) is 6.07 Å². The van der Waals surface area contributed by atoms with E-state index in [0.29, 0.717) is 12.0 Å². The van der Waals surface area contributed by atoms with Crippen LogP contribution in [0.5, 0.6) is 0 Å². The first kappa shape index (κ1) is 24.6. The number of carbonyl (C=O) groups excluding carboxylic acids is 1. The van der Waals surface area contributed by atoms with Crippen molar-refractivity contribution in [3.05, 3.63) is 107 Å². The lowest BCUT2D eigenvalue weighted by Gasteiger charge is -2.34. The van der Waals surface area contributed by atoms with Crippen LogP contribution in [0.1, 0.15) is 48.4 Å². The summed E-state index contributed by atoms with van der Waals surface area (Å²) in [5.41, 5.74) is 2.27. The maximum Gasteiger partial charge on any atom is 0.318 e. The number of ether oxygens (including phenoxy) is 2. The number of fused-ring (bicyclic) bond motifs is 2. The van der Waals surface area contributed by atoms with E-state index in [1.165, 1.54) is 12.1 Å². The molecule has 2 saturated heterocycles. The topological polar surface area (TPSA) is 74.6 Å². The highest BCUT2D eigenvalue weighted by atomic mass is 19.1. The standard InChI is InChI=1S/C31H30FN3O3/c1-30(2)37-27-26(16-20-9-5-3-6-10-20)35(19-21-13-14-25(32)23(15-21)18-33)29(36)34-31(28(27)38-30)17-24(31)22-11-7-4-8-12-22/h3-15,24,26-28H,16-17,19H2,1-2H3,(H,34,36)/t24?,26-,27+,28-,31+/m1/s1. The van der Waals surface area contributed by atoms with E-state index in [1.807, 2.05) is 68.4 Å². The van der Waals surface area contributed by atoms with Gasteiger partial charge < -0.3 is 19.7 Å². The second-order valence-corrected chi connectivity index (χ2v) is 11.0. The van der Waals surface area contributed by atoms with Crippen LogP contribution >= 0.6 is 0 Å². The maximum atomic E-state index is 14.1. The normalized spacial score (nSPS) is 29.3. The number of rotatable bonds is 5. The van der Waals surface area contributed by atoms with Gasteiger partial charge in [-0.3, -0.25) is 0 Å². The zero-order valence-electron chi connectivity index (χ0n) is 21.4. The highest BCUT2D eigenvalue weighted by Crippen LogP contribution is 2.59. The molecule has 0 bridgehead atoms. The number of hydrogen-bond acceptors (Lipinski definition) is 4. The Kier molecular flexibility index (Phi) is 5.97. The first-order valence-corrected chi connectivity index (χ1v) is 13.0. The Morgan fingerprint density at radius 3 is 2.45 bits per heavy atom. The molecule has 2 aliphatic heterocycles. The number of carbonyl (C=O) groups is 1. The number of amides is 2. The predicted octanol–water partition coefficient (Wildman–Crippen LogP) is 5.28. The summed E-state index contributed by atoms with van der Waals surface area (Å²) in [6.07, 6.45) is 0.569. The Morgan fingerprint density at radius 1 is 1.03 bits per heavy atom. The molecule has 6 rings (SSSR count). The molecule has 3 fully saturated rings. The summed E-state index contributed by atoms with van der Waals surface area (Å²) in [5, 5.41) is 12.7. The molecule has 3 aliphatic rings. The van der Waals surface area contributed by atoms with Gasteiger partial charge in [0.1, 0.15) is 24.1 Å². The van der Waals surface area contributed by atoms with Crippen molar-refractivity contribution in [1.29, 1.82) is 5.26 Å². The van der Waals surface area contributed by atoms with Gasteiger partial charge in [-0.25, -0.2) is 9.18 Å². The minimum absolute atomic E-state index is 0.0420. The molecule has 3 aromatic carbocycles. The summed E-state index contributed by atoms with van der Waals surface area (Å²) < 4.78 is 27.2. The van der Waals surface area contributed by atoms with Gasteiger partial charge in [0.25, 0.3) is 0 Å². The largest absolute Gasteiger partial charge is 0.342 e. The maximum absolute atomic E-state index is 14.1. The minimum Gasteiger partial charge on any atom is -0.342 e. The van der Waals surface area contributed by atoms with Crippen LogP contribution in [0.3, 0.4) is 0 Å². The van der Waals surface area contributed by atoms with Crippen LogP contribution in [-0.2, 0) is 22.4 Å². The van der Waals surface area contributed by atoms with Crippen molar-refractivity contribution in [2.45, 2.75) is 68.7 Å². The predicted molar refractivity (Wildman–Crippen MR) is 139 cm³/mol. The van der Waals surface area contributed by atoms with Crippen LogP contribution in [0.2, 0.25) is 0 Å². The Bertz CT molecular complexity index is 1390. The zero-order valence-corrected chi connectivity index (χ0v) is 21.4. The van der Waals surface area contributed by atoms with Crippen molar-refractivity contribution in [1.82, 2.24) is 10.2 Å². The molecule has 7 heteroatoms. The van der Waals surface area contributed by atoms with E-state index in [2.05, 4.69) is 17.4 Å². The zero-order chi connectivity index (χ0) is 26.5. The number of nitrogens with one attached hydrogen (secondary N) is 1. The van der Waals surface area contributed by atoms with Gasteiger partial charge in [0, 0.05) is 12.5 Å². The molecular formula is C31H30FN3O3. The molecule has 1 saturated carbocycles. The highest BCUT2D eigenvalue weighted by Gasteiger charge is 2.69. The Morgan fingerprint density at radius 2 is 1.74 bits per heavy atom. The van der Waals surface area contributed by atoms with Gasteiger partial charge in [-0.1, -0.05) is 66.7 Å². The summed E-state index contributed by atoms with van der Waals surface area (Å²) >= 11 is 0. The molecule has 1 N–H and O–H groups in total. The Hall–Kier alpha value is -3.73. The summed E-state index contributed by atoms with van der Waals surface area (Å²) in [6, 6.07) is 26.0. The molecule has 38 heavy (non-hydrogen) atoms. The lowest BCUT2D eigenvalue weighted by atomic mass is 9.91. The number of halogens is 1. The van der Waals surface area contributed by atoms with Crippen molar-refractivity contribution in [3.63, 3.8) is 0 Å². The summed E-state index contributed by atoms with van der Waals surface area (Å²) in [7, 11) is 0. The van der Waals surface area contributed by atoms with Crippen molar-refractivity contribution in [2.24, 2.45) is 0 Å². The quantitative estimate of drug-likeness (QED) is 0.506. The molecule has 3 aromatic rings. The average molecular weight is 512 g/mol. The number of benzene rings is 3. The number of hydrogen-bond donors (Lipinski definition) is 1. The van der Waals surface area contributed by atoms with E-state index in [1.54, 1.807) is 11.0 Å². The third kappa shape index (κ3) is 4.34. The van der Waals surface area contributed by atoms with E-state index in [9.17, 15) is 14.4 Å². The monoisotopic (exact) mass is 511 g/mol. The van der Waals surface area contributed by atoms with Crippen LogP contribution in [0.15, 0.2) is 78.9 Å². The average Bonchev–Trinajstić information content (AvgIpc) is 3.56. The van der Waals surface area contributed by atoms with Crippen LogP contribution in [-0.4, -0.2) is 40.5 Å². The fraction of sp³-hybridized carbons (Fsp3) is 0.355. The van der Waals surface area contributed by atoms with Gasteiger partial charge in [0.05, 0.1) is 17.1 Å². The lowest BCUT2D eigenvalue weighted by Crippen LogP contribution is -2.50. The van der Waals surface area contributed by atoms with Gasteiger partial charge in [0.15, 0.2) is 5.79 Å². The molecule has 2 amide bonds. The van der Waals surface area contributed by atoms with Crippen LogP contribution in [0, 0.1) is 17.1 Å². The second-order valence-electron chi connectivity index (χ2n) is 11.0. The van der Waals surface area contributed by atoms with E-state index in [4.69, 9.17) is 9.47 Å². The molecule has 1 aliphatic carbocycles. The molecule has 6 nitrogen and oxygen atoms in total. The summed E-state index contributed by atoms with van der Waals surface area (Å²) in [5.74, 6) is -1.29. The van der Waals surface area contributed by atoms with Gasteiger partial charge >= 0.3 is 6.03 Å². The van der Waals surface area contributed by atoms with Gasteiger partial charge in [0.2, 0.25) is 0 Å². The molecule has 1 unspecified atom stereocenters. The van der Waals surface area contributed by atoms with Gasteiger partial charge in [-0.15, -0.1) is 0 Å². The van der Waals surface area contributed by atoms with Gasteiger partial charge in [-0.05, 0) is 55.5 Å². The fourth-order valence-corrected chi connectivity index (χ4v) is 6.19. The third-order valence-electron chi connectivity index (χ3n) is 8.01. The molecule has 1 spiro atoms. The lowest BCUT2D eigenvalue weighted by molar-refractivity contribution is -0.155. The molecule has 2 heterocycles. The van der Waals surface area contributed by atoms with E-state index in [0.717, 1.165) is 17.5 Å². The van der Waals surface area contributed by atoms with Crippen molar-refractivity contribution in [2.75, 3.05) is 0 Å². The molecule has 5 atom stereocenters. The fourth-order valence-electron chi connectivity index (χ4n) is 6.19. The molecule has 0 aromatic heterocycles. The number of nitriles is 1. The number of urea groups is 1. The molecule has 0 radical (unpaired) electrons. The summed E-state index contributed by atoms with van der Waals surface area (Å²) in [4.78, 5) is 15.8. The van der Waals surface area contributed by atoms with Crippen LogP contribution in [0.25, 0.3) is 0 Å². The smallest absolute Gasteiger partial charge is 0.318 e. The van der Waals surface area contributed by atoms with Gasteiger partial charge in [-0.2, -0.15) is 5.26 Å². The SMILES string of the molecule is CC1(C)O[C@H]2[C@@H](Cc3ccccc3)N(Cc3ccc(F)c(C#N)c3)C(=O)N[C@]3(CC3c3ccccc3)[C@@H]2O1. The number of nitrogens with zero attached hydrogens (tertiary/aromatic N) is 2.